The Balaban J connectivity index is 1.68. The number of hydrogen-bond donors (Lipinski definition) is 0. The zero-order valence-electron chi connectivity index (χ0n) is 15.2. The van der Waals surface area contributed by atoms with Gasteiger partial charge in [-0.3, -0.25) is 19.5 Å². The van der Waals surface area contributed by atoms with E-state index in [1.807, 2.05) is 36.4 Å². The molecule has 5 rings (SSSR count). The second-order valence-corrected chi connectivity index (χ2v) is 6.87. The second kappa shape index (κ2) is 6.13. The van der Waals surface area contributed by atoms with Crippen LogP contribution in [-0.4, -0.2) is 28.7 Å². The van der Waals surface area contributed by atoms with Crippen LogP contribution >= 0.6 is 0 Å². The summed E-state index contributed by atoms with van der Waals surface area (Å²) in [5.41, 5.74) is 5.42. The Morgan fingerprint density at radius 3 is 1.93 bits per heavy atom. The molecule has 2 amide bonds. The average molecular weight is 364 g/mol. The Morgan fingerprint density at radius 1 is 0.643 bits per heavy atom. The molecule has 0 spiro atoms. The zero-order chi connectivity index (χ0) is 19.3. The zero-order valence-corrected chi connectivity index (χ0v) is 15.2. The molecular formula is C24H16N2O2. The molecule has 4 heteroatoms. The van der Waals surface area contributed by atoms with Crippen molar-refractivity contribution in [3.05, 3.63) is 90.3 Å². The molecule has 1 aliphatic heterocycles. The normalized spacial score (nSPS) is 13.2. The van der Waals surface area contributed by atoms with E-state index in [4.69, 9.17) is 0 Å². The van der Waals surface area contributed by atoms with Gasteiger partial charge in [-0.2, -0.15) is 0 Å². The predicted molar refractivity (Wildman–Crippen MR) is 109 cm³/mol. The van der Waals surface area contributed by atoms with Crippen LogP contribution in [0.5, 0.6) is 0 Å². The van der Waals surface area contributed by atoms with Crippen LogP contribution in [0.4, 0.5) is 0 Å². The first-order valence-electron chi connectivity index (χ1n) is 9.04. The molecule has 0 bridgehead atoms. The summed E-state index contributed by atoms with van der Waals surface area (Å²) in [4.78, 5) is 30.4. The number of nitrogens with zero attached hydrogens (tertiary/aromatic N) is 2. The Morgan fingerprint density at radius 2 is 1.21 bits per heavy atom. The molecule has 0 unspecified atom stereocenters. The Kier molecular flexibility index (Phi) is 3.59. The summed E-state index contributed by atoms with van der Waals surface area (Å²) in [5.74, 6) is -0.512. The van der Waals surface area contributed by atoms with Crippen molar-refractivity contribution in [1.29, 1.82) is 0 Å². The third-order valence-corrected chi connectivity index (χ3v) is 5.32. The van der Waals surface area contributed by atoms with E-state index in [1.165, 1.54) is 11.9 Å². The molecule has 0 N–H and O–H groups in total. The number of carbonyl (C=O) groups is 2. The molecule has 0 saturated carbocycles. The molecular weight excluding hydrogens is 348 g/mol. The summed E-state index contributed by atoms with van der Waals surface area (Å²) in [5, 5.41) is 1.66. The van der Waals surface area contributed by atoms with Gasteiger partial charge in [0.15, 0.2) is 0 Å². The Hall–Kier alpha value is -3.79. The van der Waals surface area contributed by atoms with Crippen molar-refractivity contribution in [2.75, 3.05) is 7.05 Å². The number of carbonyl (C=O) groups excluding carboxylic acids is 2. The fourth-order valence-corrected chi connectivity index (χ4v) is 3.86. The molecule has 0 radical (unpaired) electrons. The molecule has 1 aliphatic rings. The molecule has 4 nitrogen and oxygen atoms in total. The molecule has 0 saturated heterocycles. The van der Waals surface area contributed by atoms with Crippen LogP contribution in [0.25, 0.3) is 33.0 Å². The second-order valence-electron chi connectivity index (χ2n) is 6.87. The van der Waals surface area contributed by atoms with Crippen molar-refractivity contribution in [1.82, 2.24) is 9.88 Å². The molecule has 3 aromatic carbocycles. The Bertz CT molecular complexity index is 1220. The van der Waals surface area contributed by atoms with E-state index in [-0.39, 0.29) is 11.8 Å². The highest BCUT2D eigenvalue weighted by atomic mass is 16.2. The lowest BCUT2D eigenvalue weighted by molar-refractivity contribution is 0.0650. The van der Waals surface area contributed by atoms with Crippen LogP contribution in [0, 0.1) is 0 Å². The molecule has 134 valence electrons. The van der Waals surface area contributed by atoms with Crippen molar-refractivity contribution in [2.24, 2.45) is 0 Å². The molecule has 2 heterocycles. The summed E-state index contributed by atoms with van der Waals surface area (Å²) in [6.07, 6.45) is 3.56. The van der Waals surface area contributed by atoms with Crippen molar-refractivity contribution in [3.8, 4) is 22.3 Å². The van der Waals surface area contributed by atoms with Crippen molar-refractivity contribution >= 4 is 22.6 Å². The predicted octanol–water partition coefficient (Wildman–Crippen LogP) is 4.79. The van der Waals surface area contributed by atoms with Crippen LogP contribution in [0.3, 0.4) is 0 Å². The minimum atomic E-state index is -0.256. The largest absolute Gasteiger partial charge is 0.277 e. The molecule has 4 aromatic rings. The number of benzene rings is 3. The van der Waals surface area contributed by atoms with Crippen LogP contribution in [-0.2, 0) is 0 Å². The third kappa shape index (κ3) is 2.35. The van der Waals surface area contributed by atoms with E-state index in [0.717, 1.165) is 33.0 Å². The smallest absolute Gasteiger partial charge is 0.261 e. The van der Waals surface area contributed by atoms with E-state index in [9.17, 15) is 9.59 Å². The standard InChI is InChI=1S/C24H16N2O2/c1-26-23(27)20-4-2-3-19-18(9-10-21(22(19)20)24(26)28)17-7-5-15(6-8-17)16-11-13-25-14-12-16/h2-14H,1H3. The minimum absolute atomic E-state index is 0.256. The minimum Gasteiger partial charge on any atom is -0.277 e. The first-order valence-corrected chi connectivity index (χ1v) is 9.04. The van der Waals surface area contributed by atoms with Gasteiger partial charge in [-0.1, -0.05) is 42.5 Å². The van der Waals surface area contributed by atoms with Gasteiger partial charge in [0.25, 0.3) is 11.8 Å². The highest BCUT2D eigenvalue weighted by Gasteiger charge is 2.30. The van der Waals surface area contributed by atoms with E-state index in [1.54, 1.807) is 18.5 Å². The highest BCUT2D eigenvalue weighted by Crippen LogP contribution is 2.36. The third-order valence-electron chi connectivity index (χ3n) is 5.32. The van der Waals surface area contributed by atoms with Gasteiger partial charge >= 0.3 is 0 Å². The van der Waals surface area contributed by atoms with Gasteiger partial charge in [0.1, 0.15) is 0 Å². The fraction of sp³-hybridized carbons (Fsp3) is 0.0417. The molecule has 1 aromatic heterocycles. The summed E-state index contributed by atoms with van der Waals surface area (Å²) in [6, 6.07) is 21.7. The number of amides is 2. The average Bonchev–Trinajstić information content (AvgIpc) is 2.76. The maximum atomic E-state index is 12.6. The number of aromatic nitrogens is 1. The van der Waals surface area contributed by atoms with Crippen LogP contribution in [0.1, 0.15) is 20.7 Å². The number of imide groups is 1. The van der Waals surface area contributed by atoms with Gasteiger partial charge in [-0.05, 0) is 51.9 Å². The van der Waals surface area contributed by atoms with Crippen LogP contribution in [0.2, 0.25) is 0 Å². The van der Waals surface area contributed by atoms with E-state index in [0.29, 0.717) is 11.1 Å². The number of rotatable bonds is 2. The van der Waals surface area contributed by atoms with Crippen molar-refractivity contribution in [2.45, 2.75) is 0 Å². The summed E-state index contributed by atoms with van der Waals surface area (Å²) in [7, 11) is 1.53. The molecule has 28 heavy (non-hydrogen) atoms. The van der Waals surface area contributed by atoms with Gasteiger partial charge in [-0.25, -0.2) is 0 Å². The van der Waals surface area contributed by atoms with Gasteiger partial charge in [0.05, 0.1) is 0 Å². The maximum absolute atomic E-state index is 12.6. The van der Waals surface area contributed by atoms with Crippen molar-refractivity contribution < 1.29 is 9.59 Å². The molecule has 0 aliphatic carbocycles. The SMILES string of the molecule is CN1C(=O)c2cccc3c(-c4ccc(-c5ccncc5)cc4)ccc(c23)C1=O. The monoisotopic (exact) mass is 364 g/mol. The topological polar surface area (TPSA) is 50.3 Å². The summed E-state index contributed by atoms with van der Waals surface area (Å²) >= 11 is 0. The van der Waals surface area contributed by atoms with Gasteiger partial charge in [-0.15, -0.1) is 0 Å². The molecule has 0 fully saturated rings. The van der Waals surface area contributed by atoms with Crippen molar-refractivity contribution in [3.63, 3.8) is 0 Å². The fourth-order valence-electron chi connectivity index (χ4n) is 3.86. The van der Waals surface area contributed by atoms with E-state index < -0.39 is 0 Å². The number of hydrogen-bond acceptors (Lipinski definition) is 3. The molecule has 0 atom stereocenters. The van der Waals surface area contributed by atoms with Gasteiger partial charge in [0, 0.05) is 36.0 Å². The van der Waals surface area contributed by atoms with Crippen LogP contribution < -0.4 is 0 Å². The Labute approximate surface area is 162 Å². The van der Waals surface area contributed by atoms with Gasteiger partial charge in [0.2, 0.25) is 0 Å². The lowest BCUT2D eigenvalue weighted by atomic mass is 9.89. The first kappa shape index (κ1) is 16.4. The highest BCUT2D eigenvalue weighted by molar-refractivity contribution is 6.26. The summed E-state index contributed by atoms with van der Waals surface area (Å²) in [6.45, 7) is 0. The number of pyridine rings is 1. The maximum Gasteiger partial charge on any atom is 0.261 e. The van der Waals surface area contributed by atoms with Gasteiger partial charge < -0.3 is 0 Å². The van der Waals surface area contributed by atoms with Crippen LogP contribution in [0.15, 0.2) is 79.1 Å². The lowest BCUT2D eigenvalue weighted by Crippen LogP contribution is -2.36. The van der Waals surface area contributed by atoms with E-state index in [2.05, 4.69) is 29.2 Å². The quantitative estimate of drug-likeness (QED) is 0.480. The first-order chi connectivity index (χ1) is 13.6. The van der Waals surface area contributed by atoms with E-state index >= 15 is 0 Å². The summed E-state index contributed by atoms with van der Waals surface area (Å²) < 4.78 is 0. The lowest BCUT2D eigenvalue weighted by Gasteiger charge is -2.24.